The molecular formula is C14H11Cl2N3O2. The Balaban J connectivity index is 2.79. The Hall–Kier alpha value is -2.03. The maximum Gasteiger partial charge on any atom is 0.261 e. The molecule has 0 fully saturated rings. The van der Waals surface area contributed by atoms with Crippen LogP contribution in [-0.2, 0) is 13.0 Å². The van der Waals surface area contributed by atoms with Crippen molar-refractivity contribution in [3.05, 3.63) is 38.4 Å². The molecule has 0 bridgehead atoms. The summed E-state index contributed by atoms with van der Waals surface area (Å²) in [6, 6.07) is 2.99. The number of rotatable bonds is 3. The third kappa shape index (κ3) is 3.02. The molecule has 0 amide bonds. The van der Waals surface area contributed by atoms with Gasteiger partial charge in [0.1, 0.15) is 16.1 Å². The monoisotopic (exact) mass is 323 g/mol. The second-order valence-corrected chi connectivity index (χ2v) is 4.96. The first-order valence-electron chi connectivity index (χ1n) is 6.07. The molecule has 7 heteroatoms. The van der Waals surface area contributed by atoms with Crippen molar-refractivity contribution < 1.29 is 5.11 Å². The maximum atomic E-state index is 12.4. The van der Waals surface area contributed by atoms with E-state index >= 15 is 0 Å². The fraction of sp³-hybridized carbons (Fsp3) is 0.214. The highest BCUT2D eigenvalue weighted by Gasteiger charge is 2.16. The number of pyridine rings is 1. The Morgan fingerprint density at radius 2 is 1.95 bits per heavy atom. The molecule has 0 saturated carbocycles. The topological polar surface area (TPSA) is 68.0 Å². The molecule has 0 radical (unpaired) electrons. The number of aromatic nitrogens is 3. The van der Waals surface area contributed by atoms with Gasteiger partial charge in [-0.15, -0.1) is 6.42 Å². The van der Waals surface area contributed by atoms with Gasteiger partial charge in [-0.3, -0.25) is 9.36 Å². The van der Waals surface area contributed by atoms with Gasteiger partial charge in [-0.05, 0) is 18.6 Å². The summed E-state index contributed by atoms with van der Waals surface area (Å²) in [7, 11) is 0. The van der Waals surface area contributed by atoms with Gasteiger partial charge in [0.25, 0.3) is 5.56 Å². The zero-order chi connectivity index (χ0) is 15.6. The smallest absolute Gasteiger partial charge is 0.261 e. The lowest BCUT2D eigenvalue weighted by atomic mass is 10.2. The number of terminal acetylenes is 1. The SMILES string of the molecule is C#CCn1c(-c2cc(Cl)nc(Cl)c2)nc(O)c(CC)c1=O. The highest BCUT2D eigenvalue weighted by atomic mass is 35.5. The minimum Gasteiger partial charge on any atom is -0.493 e. The molecule has 0 atom stereocenters. The molecule has 108 valence electrons. The lowest BCUT2D eigenvalue weighted by Crippen LogP contribution is -2.26. The molecule has 2 aromatic rings. The van der Waals surface area contributed by atoms with Gasteiger partial charge >= 0.3 is 0 Å². The summed E-state index contributed by atoms with van der Waals surface area (Å²) in [5.41, 5.74) is 0.271. The molecule has 2 aromatic heterocycles. The molecule has 0 aromatic carbocycles. The van der Waals surface area contributed by atoms with Crippen LogP contribution in [0.5, 0.6) is 5.88 Å². The van der Waals surface area contributed by atoms with E-state index in [-0.39, 0.29) is 39.7 Å². The Morgan fingerprint density at radius 3 is 2.48 bits per heavy atom. The van der Waals surface area contributed by atoms with E-state index in [1.54, 1.807) is 6.92 Å². The van der Waals surface area contributed by atoms with Crippen molar-refractivity contribution in [3.63, 3.8) is 0 Å². The highest BCUT2D eigenvalue weighted by Crippen LogP contribution is 2.25. The highest BCUT2D eigenvalue weighted by molar-refractivity contribution is 6.32. The Bertz CT molecular complexity index is 774. The van der Waals surface area contributed by atoms with E-state index in [1.807, 2.05) is 0 Å². The standard InChI is InChI=1S/C14H11Cl2N3O2/c1-3-5-19-12(8-6-10(15)17-11(16)7-8)18-13(20)9(4-2)14(19)21/h1,6-7,20H,4-5H2,2H3. The van der Waals surface area contributed by atoms with E-state index in [0.717, 1.165) is 0 Å². The van der Waals surface area contributed by atoms with Crippen molar-refractivity contribution in [2.75, 3.05) is 0 Å². The zero-order valence-electron chi connectivity index (χ0n) is 11.1. The van der Waals surface area contributed by atoms with E-state index < -0.39 is 0 Å². The van der Waals surface area contributed by atoms with Crippen LogP contribution in [0.4, 0.5) is 0 Å². The summed E-state index contributed by atoms with van der Waals surface area (Å²) in [6.07, 6.45) is 5.65. The van der Waals surface area contributed by atoms with E-state index in [0.29, 0.717) is 12.0 Å². The van der Waals surface area contributed by atoms with Gasteiger partial charge in [0.2, 0.25) is 5.88 Å². The van der Waals surface area contributed by atoms with Crippen LogP contribution < -0.4 is 5.56 Å². The van der Waals surface area contributed by atoms with Crippen molar-refractivity contribution in [2.24, 2.45) is 0 Å². The van der Waals surface area contributed by atoms with Crippen LogP contribution in [0, 0.1) is 12.3 Å². The molecular weight excluding hydrogens is 313 g/mol. The summed E-state index contributed by atoms with van der Waals surface area (Å²) in [6.45, 7) is 1.77. The van der Waals surface area contributed by atoms with Crippen LogP contribution in [0.15, 0.2) is 16.9 Å². The van der Waals surface area contributed by atoms with Crippen LogP contribution in [0.25, 0.3) is 11.4 Å². The van der Waals surface area contributed by atoms with Gasteiger partial charge < -0.3 is 5.11 Å². The van der Waals surface area contributed by atoms with Crippen molar-refractivity contribution >= 4 is 23.2 Å². The molecule has 21 heavy (non-hydrogen) atoms. The molecule has 0 aliphatic carbocycles. The minimum absolute atomic E-state index is 0.0198. The molecule has 1 N–H and O–H groups in total. The van der Waals surface area contributed by atoms with Crippen molar-refractivity contribution in [1.29, 1.82) is 0 Å². The molecule has 0 aliphatic heterocycles. The fourth-order valence-electron chi connectivity index (χ4n) is 1.94. The van der Waals surface area contributed by atoms with Crippen LogP contribution >= 0.6 is 23.2 Å². The quantitative estimate of drug-likeness (QED) is 0.696. The molecule has 2 rings (SSSR count). The molecule has 5 nitrogen and oxygen atoms in total. The first-order valence-corrected chi connectivity index (χ1v) is 6.83. The van der Waals surface area contributed by atoms with Crippen LogP contribution in [-0.4, -0.2) is 19.6 Å². The van der Waals surface area contributed by atoms with E-state index in [4.69, 9.17) is 29.6 Å². The number of nitrogens with zero attached hydrogens (tertiary/aromatic N) is 3. The van der Waals surface area contributed by atoms with Gasteiger partial charge in [-0.1, -0.05) is 36.0 Å². The van der Waals surface area contributed by atoms with Crippen LogP contribution in [0.1, 0.15) is 12.5 Å². The third-order valence-corrected chi connectivity index (χ3v) is 3.25. The molecule has 2 heterocycles. The van der Waals surface area contributed by atoms with E-state index in [2.05, 4.69) is 15.9 Å². The summed E-state index contributed by atoms with van der Waals surface area (Å²) in [4.78, 5) is 20.2. The van der Waals surface area contributed by atoms with Crippen LogP contribution in [0.3, 0.4) is 0 Å². The number of aromatic hydroxyl groups is 1. The predicted octanol–water partition coefficient (Wildman–Crippen LogP) is 2.51. The molecule has 0 saturated heterocycles. The summed E-state index contributed by atoms with van der Waals surface area (Å²) >= 11 is 11.7. The molecule has 0 unspecified atom stereocenters. The lowest BCUT2D eigenvalue weighted by molar-refractivity contribution is 0.440. The van der Waals surface area contributed by atoms with E-state index in [9.17, 15) is 9.90 Å². The lowest BCUT2D eigenvalue weighted by Gasteiger charge is -2.12. The normalized spacial score (nSPS) is 10.4. The van der Waals surface area contributed by atoms with Gasteiger partial charge in [0.05, 0.1) is 12.1 Å². The number of hydrogen-bond donors (Lipinski definition) is 1. The van der Waals surface area contributed by atoms with Crippen molar-refractivity contribution in [1.82, 2.24) is 14.5 Å². The number of halogens is 2. The first-order chi connectivity index (χ1) is 9.97. The second kappa shape index (κ2) is 6.17. The van der Waals surface area contributed by atoms with Gasteiger partial charge in [-0.25, -0.2) is 4.98 Å². The summed E-state index contributed by atoms with van der Waals surface area (Å²) < 4.78 is 1.29. The molecule has 0 aliphatic rings. The van der Waals surface area contributed by atoms with Crippen molar-refractivity contribution in [2.45, 2.75) is 19.9 Å². The maximum absolute atomic E-state index is 12.4. The average Bonchev–Trinajstić information content (AvgIpc) is 2.41. The van der Waals surface area contributed by atoms with Crippen LogP contribution in [0.2, 0.25) is 10.3 Å². The largest absolute Gasteiger partial charge is 0.493 e. The fourth-order valence-corrected chi connectivity index (χ4v) is 2.41. The first kappa shape index (κ1) is 15.4. The summed E-state index contributed by atoms with van der Waals surface area (Å²) in [5.74, 6) is 2.26. The Morgan fingerprint density at radius 1 is 1.33 bits per heavy atom. The van der Waals surface area contributed by atoms with E-state index in [1.165, 1.54) is 16.7 Å². The van der Waals surface area contributed by atoms with Gasteiger partial charge in [0.15, 0.2) is 0 Å². The summed E-state index contributed by atoms with van der Waals surface area (Å²) in [5, 5.41) is 10.2. The zero-order valence-corrected chi connectivity index (χ0v) is 12.6. The Labute approximate surface area is 131 Å². The second-order valence-electron chi connectivity index (χ2n) is 4.19. The van der Waals surface area contributed by atoms with Crippen molar-refractivity contribution in [3.8, 4) is 29.6 Å². The predicted molar refractivity (Wildman–Crippen MR) is 81.6 cm³/mol. The minimum atomic E-state index is -0.387. The number of hydrogen-bond acceptors (Lipinski definition) is 4. The third-order valence-electron chi connectivity index (χ3n) is 2.86. The molecule has 0 spiro atoms. The van der Waals surface area contributed by atoms with Gasteiger partial charge in [0, 0.05) is 5.56 Å². The van der Waals surface area contributed by atoms with Gasteiger partial charge in [-0.2, -0.15) is 4.98 Å². The Kier molecular flexibility index (Phi) is 4.51. The average molecular weight is 324 g/mol.